The van der Waals surface area contributed by atoms with Gasteiger partial charge in [0.2, 0.25) is 0 Å². The van der Waals surface area contributed by atoms with Gasteiger partial charge in [0.15, 0.2) is 0 Å². The lowest BCUT2D eigenvalue weighted by Crippen LogP contribution is -2.49. The topological polar surface area (TPSA) is 65.0 Å². The molecule has 0 aromatic heterocycles. The van der Waals surface area contributed by atoms with Crippen LogP contribution in [0.15, 0.2) is 4.99 Å². The molecule has 150 valence electrons. The van der Waals surface area contributed by atoms with Gasteiger partial charge in [-0.1, -0.05) is 33.6 Å². The van der Waals surface area contributed by atoms with E-state index in [4.69, 9.17) is 4.99 Å². The third-order valence-electron chi connectivity index (χ3n) is 7.04. The molecule has 3 atom stereocenters. The van der Waals surface area contributed by atoms with Gasteiger partial charge in [-0.25, -0.2) is 4.79 Å². The smallest absolute Gasteiger partial charge is 0.317 e. The summed E-state index contributed by atoms with van der Waals surface area (Å²) in [5, 5.41) is 3.21. The highest BCUT2D eigenvalue weighted by Gasteiger charge is 2.61. The summed E-state index contributed by atoms with van der Waals surface area (Å²) in [5.41, 5.74) is -0.604. The Balaban J connectivity index is 1.49. The fourth-order valence-corrected chi connectivity index (χ4v) is 5.71. The molecule has 6 nitrogen and oxygen atoms in total. The molecule has 27 heavy (non-hydrogen) atoms. The van der Waals surface area contributed by atoms with Crippen LogP contribution in [0.4, 0.5) is 4.79 Å². The van der Waals surface area contributed by atoms with Gasteiger partial charge in [-0.05, 0) is 37.5 Å². The predicted molar refractivity (Wildman–Crippen MR) is 106 cm³/mol. The summed E-state index contributed by atoms with van der Waals surface area (Å²) in [6, 6.07) is 0.405. The van der Waals surface area contributed by atoms with Crippen LogP contribution in [-0.2, 0) is 4.79 Å². The van der Waals surface area contributed by atoms with E-state index in [1.165, 1.54) is 12.8 Å². The molecule has 0 radical (unpaired) electrons. The molecule has 3 amide bonds. The van der Waals surface area contributed by atoms with E-state index in [0.717, 1.165) is 51.0 Å². The zero-order valence-electron chi connectivity index (χ0n) is 17.0. The number of rotatable bonds is 4. The number of hydrogen-bond donors (Lipinski definition) is 1. The van der Waals surface area contributed by atoms with Crippen LogP contribution >= 0.6 is 0 Å². The van der Waals surface area contributed by atoms with E-state index in [0.29, 0.717) is 24.4 Å². The fourth-order valence-electron chi connectivity index (χ4n) is 5.71. The Labute approximate surface area is 162 Å². The van der Waals surface area contributed by atoms with E-state index in [-0.39, 0.29) is 17.9 Å². The van der Waals surface area contributed by atoms with Gasteiger partial charge in [0.25, 0.3) is 5.91 Å². The second-order valence-electron chi connectivity index (χ2n) is 9.36. The number of amides is 3. The second kappa shape index (κ2) is 7.10. The molecule has 1 spiro atoms. The van der Waals surface area contributed by atoms with Crippen molar-refractivity contribution in [3.63, 3.8) is 0 Å². The fraction of sp³-hybridized carbons (Fsp3) is 0.857. The lowest BCUT2D eigenvalue weighted by Gasteiger charge is -2.29. The van der Waals surface area contributed by atoms with Crippen LogP contribution in [-0.4, -0.2) is 58.8 Å². The summed E-state index contributed by atoms with van der Waals surface area (Å²) < 4.78 is 0. The summed E-state index contributed by atoms with van der Waals surface area (Å²) in [6.45, 7) is 8.57. The summed E-state index contributed by atoms with van der Waals surface area (Å²) in [7, 11) is 0. The van der Waals surface area contributed by atoms with E-state index in [1.54, 1.807) is 0 Å². The van der Waals surface area contributed by atoms with E-state index in [1.807, 2.05) is 9.80 Å². The molecule has 1 N–H and O–H groups in total. The number of carbonyl (C=O) groups is 2. The Bertz CT molecular complexity index is 640. The number of hydrogen-bond acceptors (Lipinski definition) is 3. The minimum Gasteiger partial charge on any atom is -0.335 e. The average molecular weight is 375 g/mol. The molecule has 6 heteroatoms. The first-order valence-electron chi connectivity index (χ1n) is 10.9. The third-order valence-corrected chi connectivity index (χ3v) is 7.04. The molecule has 4 rings (SSSR count). The van der Waals surface area contributed by atoms with Crippen LogP contribution in [0.25, 0.3) is 0 Å². The monoisotopic (exact) mass is 374 g/mol. The van der Waals surface area contributed by atoms with Gasteiger partial charge in [0.05, 0.1) is 0 Å². The standard InChI is InChI=1S/C21H34N4O2/c1-4-18-23-21(19(26)25(18)11-14(2)3)10-9-15-12-24(13-17(15)21)20(27)22-16-7-5-6-8-16/h14-17H,4-13H2,1-3H3,(H,22,27)/t15-,17+,21-/m1/s1. The molecule has 0 unspecified atom stereocenters. The highest BCUT2D eigenvalue weighted by molar-refractivity contribution is 6.08. The first-order chi connectivity index (χ1) is 12.9. The Morgan fingerprint density at radius 2 is 2.00 bits per heavy atom. The van der Waals surface area contributed by atoms with E-state index >= 15 is 0 Å². The lowest BCUT2D eigenvalue weighted by molar-refractivity contribution is -0.132. The number of fused-ring (bicyclic) bond motifs is 2. The SMILES string of the molecule is CCC1=N[C@@]2(CC[C@@H]3CN(C(=O)NC4CCCC4)C[C@@H]32)C(=O)N1CC(C)C. The second-order valence-corrected chi connectivity index (χ2v) is 9.36. The third kappa shape index (κ3) is 3.15. The van der Waals surface area contributed by atoms with Gasteiger partial charge in [0.1, 0.15) is 11.4 Å². The Hall–Kier alpha value is -1.59. The molecule has 0 bridgehead atoms. The van der Waals surface area contributed by atoms with E-state index < -0.39 is 5.54 Å². The number of carbonyl (C=O) groups excluding carboxylic acids is 2. The van der Waals surface area contributed by atoms with Crippen molar-refractivity contribution < 1.29 is 9.59 Å². The highest BCUT2D eigenvalue weighted by atomic mass is 16.2. The number of nitrogens with one attached hydrogen (secondary N) is 1. The maximum atomic E-state index is 13.4. The van der Waals surface area contributed by atoms with Crippen molar-refractivity contribution in [1.29, 1.82) is 0 Å². The average Bonchev–Trinajstić information content (AvgIpc) is 3.37. The van der Waals surface area contributed by atoms with Crippen LogP contribution in [0.1, 0.15) is 65.7 Å². The molecule has 3 fully saturated rings. The summed E-state index contributed by atoms with van der Waals surface area (Å²) >= 11 is 0. The molecular weight excluding hydrogens is 340 g/mol. The van der Waals surface area contributed by atoms with Crippen LogP contribution in [0.3, 0.4) is 0 Å². The zero-order valence-corrected chi connectivity index (χ0v) is 17.0. The molecule has 0 aromatic carbocycles. The number of amidine groups is 1. The van der Waals surface area contributed by atoms with Gasteiger partial charge < -0.3 is 10.2 Å². The first-order valence-corrected chi connectivity index (χ1v) is 10.9. The Morgan fingerprint density at radius 1 is 1.26 bits per heavy atom. The van der Waals surface area contributed by atoms with Crippen molar-refractivity contribution in [3.05, 3.63) is 0 Å². The zero-order chi connectivity index (χ0) is 19.2. The maximum Gasteiger partial charge on any atom is 0.317 e. The van der Waals surface area contributed by atoms with Gasteiger partial charge in [-0.3, -0.25) is 14.7 Å². The van der Waals surface area contributed by atoms with Crippen LogP contribution in [0.2, 0.25) is 0 Å². The largest absolute Gasteiger partial charge is 0.335 e. The quantitative estimate of drug-likeness (QED) is 0.822. The summed E-state index contributed by atoms with van der Waals surface area (Å²) in [4.78, 5) is 35.1. The highest BCUT2D eigenvalue weighted by Crippen LogP contribution is 2.50. The van der Waals surface area contributed by atoms with Crippen molar-refractivity contribution in [3.8, 4) is 0 Å². The molecule has 2 saturated carbocycles. The predicted octanol–water partition coefficient (Wildman–Crippen LogP) is 3.03. The molecule has 2 heterocycles. The molecule has 1 saturated heterocycles. The molecule has 2 aliphatic carbocycles. The van der Waals surface area contributed by atoms with E-state index in [9.17, 15) is 9.59 Å². The first kappa shape index (κ1) is 18.8. The number of nitrogens with zero attached hydrogens (tertiary/aromatic N) is 3. The van der Waals surface area contributed by atoms with E-state index in [2.05, 4.69) is 26.1 Å². The Kier molecular flexibility index (Phi) is 4.93. The van der Waals surface area contributed by atoms with Gasteiger partial charge >= 0.3 is 6.03 Å². The minimum absolute atomic E-state index is 0.0654. The Morgan fingerprint density at radius 3 is 2.67 bits per heavy atom. The van der Waals surface area contributed by atoms with Crippen molar-refractivity contribution >= 4 is 17.8 Å². The van der Waals surface area contributed by atoms with Crippen LogP contribution in [0.5, 0.6) is 0 Å². The van der Waals surface area contributed by atoms with Gasteiger partial charge in [-0.2, -0.15) is 0 Å². The van der Waals surface area contributed by atoms with Crippen molar-refractivity contribution in [2.45, 2.75) is 77.3 Å². The van der Waals surface area contributed by atoms with Gasteiger partial charge in [-0.15, -0.1) is 0 Å². The van der Waals surface area contributed by atoms with Crippen LogP contribution in [0, 0.1) is 17.8 Å². The molecule has 0 aromatic rings. The number of urea groups is 1. The minimum atomic E-state index is -0.604. The van der Waals surface area contributed by atoms with Crippen molar-refractivity contribution in [2.75, 3.05) is 19.6 Å². The molecule has 4 aliphatic rings. The molecule has 2 aliphatic heterocycles. The van der Waals surface area contributed by atoms with Crippen molar-refractivity contribution in [1.82, 2.24) is 15.1 Å². The van der Waals surface area contributed by atoms with Crippen LogP contribution < -0.4 is 5.32 Å². The normalized spacial score (nSPS) is 33.5. The maximum absolute atomic E-state index is 13.4. The number of aliphatic imine (C=N–C) groups is 1. The van der Waals surface area contributed by atoms with Crippen molar-refractivity contribution in [2.24, 2.45) is 22.7 Å². The summed E-state index contributed by atoms with van der Waals surface area (Å²) in [5.74, 6) is 2.15. The molecular formula is C21H34N4O2. The van der Waals surface area contributed by atoms with Gasteiger partial charge in [0, 0.05) is 38.0 Å². The number of likely N-dealkylation sites (tertiary alicyclic amines) is 1. The summed E-state index contributed by atoms with van der Waals surface area (Å²) in [6.07, 6.45) is 7.27. The lowest BCUT2D eigenvalue weighted by atomic mass is 9.85.